The van der Waals surface area contributed by atoms with E-state index in [1.807, 2.05) is 6.07 Å². The molecule has 1 heterocycles. The highest BCUT2D eigenvalue weighted by molar-refractivity contribution is 5.72. The molecule has 1 amide bonds. The Labute approximate surface area is 65.6 Å². The van der Waals surface area contributed by atoms with E-state index in [0.717, 1.165) is 5.56 Å². The maximum absolute atomic E-state index is 10.8. The molecule has 0 aliphatic carbocycles. The number of hydrogen-bond acceptors (Lipinski definition) is 2. The molecule has 0 unspecified atom stereocenters. The maximum Gasteiger partial charge on any atom is 0.219 e. The van der Waals surface area contributed by atoms with Crippen LogP contribution in [0.3, 0.4) is 0 Å². The first-order valence-corrected chi connectivity index (χ1v) is 3.43. The molecule has 3 nitrogen and oxygen atoms in total. The van der Waals surface area contributed by atoms with E-state index in [9.17, 15) is 4.79 Å². The summed E-state index contributed by atoms with van der Waals surface area (Å²) in [4.78, 5) is 12.4. The summed E-state index contributed by atoms with van der Waals surface area (Å²) in [6.07, 6.45) is 3.24. The number of hydrogen-bond donors (Lipinski definition) is 0. The first-order valence-electron chi connectivity index (χ1n) is 3.43. The number of amides is 1. The molecule has 0 aromatic carbocycles. The van der Waals surface area contributed by atoms with Gasteiger partial charge in [0.2, 0.25) is 5.91 Å². The van der Waals surface area contributed by atoms with Crippen molar-refractivity contribution in [3.63, 3.8) is 0 Å². The first-order chi connectivity index (χ1) is 5.20. The lowest BCUT2D eigenvalue weighted by molar-refractivity contribution is -0.128. The second-order valence-corrected chi connectivity index (χ2v) is 2.51. The van der Waals surface area contributed by atoms with Crippen LogP contribution < -0.4 is 0 Å². The third kappa shape index (κ3) is 2.11. The largest absolute Gasteiger partial charge is 0.472 e. The van der Waals surface area contributed by atoms with Crippen molar-refractivity contribution >= 4 is 5.91 Å². The molecule has 3 heteroatoms. The van der Waals surface area contributed by atoms with Crippen molar-refractivity contribution in [1.82, 2.24) is 4.90 Å². The van der Waals surface area contributed by atoms with Crippen molar-refractivity contribution in [1.29, 1.82) is 0 Å². The average molecular weight is 153 g/mol. The molecular formula is C8H11NO2. The topological polar surface area (TPSA) is 33.5 Å². The van der Waals surface area contributed by atoms with Crippen LogP contribution in [0, 0.1) is 0 Å². The normalized spacial score (nSPS) is 9.64. The standard InChI is InChI=1S/C8H11NO2/c1-7(10)9(2)5-8-3-4-11-6-8/h3-4,6H,5H2,1-2H3. The summed E-state index contributed by atoms with van der Waals surface area (Å²) in [5.74, 6) is 0.0613. The van der Waals surface area contributed by atoms with E-state index in [-0.39, 0.29) is 5.91 Å². The van der Waals surface area contributed by atoms with Gasteiger partial charge in [0.05, 0.1) is 12.5 Å². The van der Waals surface area contributed by atoms with Gasteiger partial charge in [0.1, 0.15) is 0 Å². The smallest absolute Gasteiger partial charge is 0.219 e. The van der Waals surface area contributed by atoms with E-state index in [0.29, 0.717) is 6.54 Å². The first kappa shape index (κ1) is 7.85. The van der Waals surface area contributed by atoms with Crippen molar-refractivity contribution in [2.45, 2.75) is 13.5 Å². The van der Waals surface area contributed by atoms with Crippen molar-refractivity contribution in [2.24, 2.45) is 0 Å². The van der Waals surface area contributed by atoms with Crippen molar-refractivity contribution in [2.75, 3.05) is 7.05 Å². The van der Waals surface area contributed by atoms with Crippen LogP contribution in [-0.4, -0.2) is 17.9 Å². The molecule has 0 spiro atoms. The zero-order valence-corrected chi connectivity index (χ0v) is 6.70. The lowest BCUT2D eigenvalue weighted by atomic mass is 10.3. The van der Waals surface area contributed by atoms with E-state index >= 15 is 0 Å². The summed E-state index contributed by atoms with van der Waals surface area (Å²) in [5, 5.41) is 0. The summed E-state index contributed by atoms with van der Waals surface area (Å²) in [6, 6.07) is 1.85. The van der Waals surface area contributed by atoms with Crippen LogP contribution in [-0.2, 0) is 11.3 Å². The highest BCUT2D eigenvalue weighted by Gasteiger charge is 2.02. The second-order valence-electron chi connectivity index (χ2n) is 2.51. The molecule has 0 atom stereocenters. The van der Waals surface area contributed by atoms with Gasteiger partial charge >= 0.3 is 0 Å². The molecule has 0 radical (unpaired) electrons. The van der Waals surface area contributed by atoms with Crippen molar-refractivity contribution in [3.8, 4) is 0 Å². The summed E-state index contributed by atoms with van der Waals surface area (Å²) in [7, 11) is 1.76. The Morgan fingerprint density at radius 2 is 2.45 bits per heavy atom. The highest BCUT2D eigenvalue weighted by Crippen LogP contribution is 2.02. The molecule has 0 N–H and O–H groups in total. The average Bonchev–Trinajstić information content (AvgIpc) is 2.39. The van der Waals surface area contributed by atoms with E-state index in [4.69, 9.17) is 4.42 Å². The molecule has 0 aliphatic rings. The van der Waals surface area contributed by atoms with Crippen LogP contribution in [0.2, 0.25) is 0 Å². The highest BCUT2D eigenvalue weighted by atomic mass is 16.3. The summed E-state index contributed by atoms with van der Waals surface area (Å²) in [6.45, 7) is 2.16. The Morgan fingerprint density at radius 1 is 1.73 bits per heavy atom. The van der Waals surface area contributed by atoms with Crippen LogP contribution in [0.25, 0.3) is 0 Å². The molecule has 1 rings (SSSR count). The van der Waals surface area contributed by atoms with Gasteiger partial charge in [-0.15, -0.1) is 0 Å². The van der Waals surface area contributed by atoms with Gasteiger partial charge in [-0.3, -0.25) is 4.79 Å². The van der Waals surface area contributed by atoms with Gasteiger partial charge in [-0.25, -0.2) is 0 Å². The number of rotatable bonds is 2. The minimum atomic E-state index is 0.0613. The lowest BCUT2D eigenvalue weighted by Gasteiger charge is -2.12. The Morgan fingerprint density at radius 3 is 2.91 bits per heavy atom. The van der Waals surface area contributed by atoms with Gasteiger partial charge in [0.15, 0.2) is 0 Å². The predicted octanol–water partition coefficient (Wildman–Crippen LogP) is 1.26. The van der Waals surface area contributed by atoms with E-state index in [2.05, 4.69) is 0 Å². The molecule has 11 heavy (non-hydrogen) atoms. The van der Waals surface area contributed by atoms with Crippen LogP contribution in [0.15, 0.2) is 23.0 Å². The third-order valence-corrected chi connectivity index (χ3v) is 1.54. The van der Waals surface area contributed by atoms with Gasteiger partial charge in [-0.1, -0.05) is 0 Å². The molecule has 0 fully saturated rings. The molecule has 1 aromatic heterocycles. The zero-order chi connectivity index (χ0) is 8.27. The quantitative estimate of drug-likeness (QED) is 0.640. The molecular weight excluding hydrogens is 142 g/mol. The van der Waals surface area contributed by atoms with E-state index in [1.54, 1.807) is 31.4 Å². The van der Waals surface area contributed by atoms with Crippen LogP contribution in [0.5, 0.6) is 0 Å². The molecule has 1 aromatic rings. The number of nitrogens with zero attached hydrogens (tertiary/aromatic N) is 1. The van der Waals surface area contributed by atoms with Crippen LogP contribution >= 0.6 is 0 Å². The monoisotopic (exact) mass is 153 g/mol. The van der Waals surface area contributed by atoms with Crippen molar-refractivity contribution < 1.29 is 9.21 Å². The van der Waals surface area contributed by atoms with Crippen molar-refractivity contribution in [3.05, 3.63) is 24.2 Å². The fourth-order valence-corrected chi connectivity index (χ4v) is 0.768. The summed E-state index contributed by atoms with van der Waals surface area (Å²) >= 11 is 0. The second kappa shape index (κ2) is 3.23. The molecule has 0 saturated carbocycles. The summed E-state index contributed by atoms with van der Waals surface area (Å²) < 4.78 is 4.86. The molecule has 60 valence electrons. The van der Waals surface area contributed by atoms with Gasteiger partial charge in [0, 0.05) is 26.1 Å². The predicted molar refractivity (Wildman–Crippen MR) is 40.9 cm³/mol. The maximum atomic E-state index is 10.8. The van der Waals surface area contributed by atoms with E-state index < -0.39 is 0 Å². The Kier molecular flexibility index (Phi) is 2.31. The van der Waals surface area contributed by atoms with Gasteiger partial charge in [0.25, 0.3) is 0 Å². The Hall–Kier alpha value is -1.25. The fraction of sp³-hybridized carbons (Fsp3) is 0.375. The number of carbonyl (C=O) groups excluding carboxylic acids is 1. The number of carbonyl (C=O) groups is 1. The van der Waals surface area contributed by atoms with Gasteiger partial charge in [-0.05, 0) is 6.07 Å². The zero-order valence-electron chi connectivity index (χ0n) is 6.70. The van der Waals surface area contributed by atoms with Gasteiger partial charge in [-0.2, -0.15) is 0 Å². The summed E-state index contributed by atoms with van der Waals surface area (Å²) in [5.41, 5.74) is 1.02. The molecule has 0 bridgehead atoms. The third-order valence-electron chi connectivity index (χ3n) is 1.54. The van der Waals surface area contributed by atoms with Gasteiger partial charge < -0.3 is 9.32 Å². The Balaban J connectivity index is 2.50. The number of furan rings is 1. The van der Waals surface area contributed by atoms with E-state index in [1.165, 1.54) is 0 Å². The SMILES string of the molecule is CC(=O)N(C)Cc1ccoc1. The van der Waals surface area contributed by atoms with Crippen LogP contribution in [0.4, 0.5) is 0 Å². The fourth-order valence-electron chi connectivity index (χ4n) is 0.768. The minimum Gasteiger partial charge on any atom is -0.472 e. The molecule has 0 aliphatic heterocycles. The van der Waals surface area contributed by atoms with Crippen LogP contribution in [0.1, 0.15) is 12.5 Å². The lowest BCUT2D eigenvalue weighted by Crippen LogP contribution is -2.22. The molecule has 0 saturated heterocycles. The Bertz CT molecular complexity index is 228. The minimum absolute atomic E-state index is 0.0613.